The molecule has 4 aromatic rings. The molecule has 4 rings (SSSR count). The van der Waals surface area contributed by atoms with Crippen LogP contribution in [0.5, 0.6) is 0 Å². The minimum Gasteiger partial charge on any atom is -0.330 e. The quantitative estimate of drug-likeness (QED) is 0.406. The largest absolute Gasteiger partial charge is 0.330 e. The van der Waals surface area contributed by atoms with E-state index < -0.39 is 5.54 Å². The number of nitrogens with two attached hydrogens (primary N) is 2. The van der Waals surface area contributed by atoms with Crippen molar-refractivity contribution < 1.29 is 0 Å². The van der Waals surface area contributed by atoms with E-state index in [0.717, 1.165) is 45.8 Å². The van der Waals surface area contributed by atoms with Crippen molar-refractivity contribution >= 4 is 45.0 Å². The highest BCUT2D eigenvalue weighted by molar-refractivity contribution is 6.31. The molecule has 30 heavy (non-hydrogen) atoms. The van der Waals surface area contributed by atoms with Gasteiger partial charge in [-0.3, -0.25) is 9.97 Å². The van der Waals surface area contributed by atoms with Gasteiger partial charge < -0.3 is 11.5 Å². The van der Waals surface area contributed by atoms with E-state index in [1.807, 2.05) is 48.5 Å². The van der Waals surface area contributed by atoms with E-state index in [9.17, 15) is 0 Å². The molecule has 6 heteroatoms. The standard InChI is InChI=1S/C24H24Cl2N4/c1-15(3-2-10-27)24(28,20-8-11-29-22-13-16(25)4-6-18(20)22)21-9-12-30-23-14-17(26)5-7-19(21)23/h4-9,11-15H,2-3,10,27-28H2,1H3. The van der Waals surface area contributed by atoms with Gasteiger partial charge in [0.25, 0.3) is 0 Å². The van der Waals surface area contributed by atoms with Gasteiger partial charge in [-0.15, -0.1) is 0 Å². The molecule has 0 saturated heterocycles. The molecule has 0 aliphatic rings. The van der Waals surface area contributed by atoms with Crippen LogP contribution in [0.25, 0.3) is 21.8 Å². The van der Waals surface area contributed by atoms with Crippen LogP contribution in [0.2, 0.25) is 10.0 Å². The van der Waals surface area contributed by atoms with Gasteiger partial charge in [0.1, 0.15) is 0 Å². The van der Waals surface area contributed by atoms with E-state index in [1.165, 1.54) is 0 Å². The molecule has 1 unspecified atom stereocenters. The lowest BCUT2D eigenvalue weighted by Crippen LogP contribution is -2.45. The normalized spacial score (nSPS) is 13.1. The van der Waals surface area contributed by atoms with Gasteiger partial charge in [-0.1, -0.05) is 42.3 Å². The number of aromatic nitrogens is 2. The molecule has 2 aromatic heterocycles. The summed E-state index contributed by atoms with van der Waals surface area (Å²) in [6, 6.07) is 15.5. The van der Waals surface area contributed by atoms with Gasteiger partial charge in [0.05, 0.1) is 16.6 Å². The average molecular weight is 439 g/mol. The topological polar surface area (TPSA) is 77.8 Å². The molecule has 154 valence electrons. The first-order valence-corrected chi connectivity index (χ1v) is 10.8. The molecule has 0 amide bonds. The summed E-state index contributed by atoms with van der Waals surface area (Å²) in [6.45, 7) is 2.81. The molecule has 2 heterocycles. The second kappa shape index (κ2) is 8.48. The molecule has 0 spiro atoms. The molecule has 4 N–H and O–H groups in total. The number of halogens is 2. The lowest BCUT2D eigenvalue weighted by molar-refractivity contribution is 0.333. The zero-order chi connectivity index (χ0) is 21.3. The maximum atomic E-state index is 7.37. The second-order valence-electron chi connectivity index (χ2n) is 7.74. The summed E-state index contributed by atoms with van der Waals surface area (Å²) in [5, 5.41) is 3.27. The third kappa shape index (κ3) is 3.65. The first kappa shape index (κ1) is 21.0. The van der Waals surface area contributed by atoms with Crippen LogP contribution in [0.3, 0.4) is 0 Å². The number of rotatable bonds is 6. The van der Waals surface area contributed by atoms with Crippen LogP contribution in [0.15, 0.2) is 60.9 Å². The van der Waals surface area contributed by atoms with Crippen molar-refractivity contribution in [1.82, 2.24) is 9.97 Å². The van der Waals surface area contributed by atoms with Crippen LogP contribution in [-0.4, -0.2) is 16.5 Å². The first-order valence-electron chi connectivity index (χ1n) is 10.0. The van der Waals surface area contributed by atoms with Gasteiger partial charge in [0.2, 0.25) is 0 Å². The number of pyridine rings is 2. The smallest absolute Gasteiger partial charge is 0.0720 e. The summed E-state index contributed by atoms with van der Waals surface area (Å²) in [7, 11) is 0. The lowest BCUT2D eigenvalue weighted by atomic mass is 9.71. The van der Waals surface area contributed by atoms with Gasteiger partial charge >= 0.3 is 0 Å². The van der Waals surface area contributed by atoms with E-state index >= 15 is 0 Å². The van der Waals surface area contributed by atoms with Crippen LogP contribution in [0.1, 0.15) is 30.9 Å². The van der Waals surface area contributed by atoms with Crippen LogP contribution in [-0.2, 0) is 5.54 Å². The fourth-order valence-corrected chi connectivity index (χ4v) is 4.62. The summed E-state index contributed by atoms with van der Waals surface area (Å²) in [5.74, 6) is 0.114. The van der Waals surface area contributed by atoms with Crippen LogP contribution >= 0.6 is 23.2 Å². The molecule has 0 bridgehead atoms. The number of hydrogen-bond acceptors (Lipinski definition) is 4. The molecule has 4 nitrogen and oxygen atoms in total. The van der Waals surface area contributed by atoms with Gasteiger partial charge in [-0.05, 0) is 72.8 Å². The average Bonchev–Trinajstić information content (AvgIpc) is 2.75. The Bertz CT molecular complexity index is 1120. The molecule has 2 aromatic carbocycles. The number of nitrogens with zero attached hydrogens (tertiary/aromatic N) is 2. The Labute approximate surface area is 186 Å². The highest BCUT2D eigenvalue weighted by Gasteiger charge is 2.38. The minimum atomic E-state index is -0.779. The second-order valence-corrected chi connectivity index (χ2v) is 8.61. The Morgan fingerprint density at radius 3 is 1.83 bits per heavy atom. The summed E-state index contributed by atoms with van der Waals surface area (Å²) in [6.07, 6.45) is 5.38. The predicted molar refractivity (Wildman–Crippen MR) is 126 cm³/mol. The molecule has 0 fully saturated rings. The van der Waals surface area contributed by atoms with Crippen LogP contribution in [0.4, 0.5) is 0 Å². The fourth-order valence-electron chi connectivity index (χ4n) is 4.29. The Hall–Kier alpha value is -2.24. The fraction of sp³-hybridized carbons (Fsp3) is 0.250. The third-order valence-electron chi connectivity index (χ3n) is 5.92. The maximum absolute atomic E-state index is 7.37. The van der Waals surface area contributed by atoms with Crippen molar-refractivity contribution in [2.75, 3.05) is 6.54 Å². The SMILES string of the molecule is CC(CCCN)C(N)(c1ccnc2cc(Cl)ccc12)c1ccnc2cc(Cl)ccc12. The van der Waals surface area contributed by atoms with Crippen LogP contribution < -0.4 is 11.5 Å². The molecule has 1 atom stereocenters. The van der Waals surface area contributed by atoms with Gasteiger partial charge in [-0.25, -0.2) is 0 Å². The van der Waals surface area contributed by atoms with Crippen molar-refractivity contribution in [1.29, 1.82) is 0 Å². The molecule has 0 aliphatic heterocycles. The van der Waals surface area contributed by atoms with Crippen molar-refractivity contribution in [2.24, 2.45) is 17.4 Å². The monoisotopic (exact) mass is 438 g/mol. The summed E-state index contributed by atoms with van der Waals surface area (Å²) in [5.41, 5.74) is 16.1. The third-order valence-corrected chi connectivity index (χ3v) is 6.39. The molecule has 0 saturated carbocycles. The molecular weight excluding hydrogens is 415 g/mol. The van der Waals surface area contributed by atoms with E-state index in [1.54, 1.807) is 12.4 Å². The summed E-state index contributed by atoms with van der Waals surface area (Å²) >= 11 is 12.4. The maximum Gasteiger partial charge on any atom is 0.0720 e. The predicted octanol–water partition coefficient (Wildman–Crippen LogP) is 5.67. The van der Waals surface area contributed by atoms with E-state index in [-0.39, 0.29) is 5.92 Å². The molecule has 0 aliphatic carbocycles. The van der Waals surface area contributed by atoms with Gasteiger partial charge in [-0.2, -0.15) is 0 Å². The number of hydrogen-bond donors (Lipinski definition) is 2. The van der Waals surface area contributed by atoms with Crippen molar-refractivity contribution in [3.8, 4) is 0 Å². The van der Waals surface area contributed by atoms with Gasteiger partial charge in [0, 0.05) is 33.2 Å². The first-order chi connectivity index (χ1) is 14.4. The van der Waals surface area contributed by atoms with Gasteiger partial charge in [0.15, 0.2) is 0 Å². The van der Waals surface area contributed by atoms with E-state index in [4.69, 9.17) is 34.7 Å². The van der Waals surface area contributed by atoms with E-state index in [0.29, 0.717) is 16.6 Å². The van der Waals surface area contributed by atoms with Crippen molar-refractivity contribution in [3.05, 3.63) is 82.1 Å². The molecule has 0 radical (unpaired) electrons. The Morgan fingerprint density at radius 2 is 1.37 bits per heavy atom. The highest BCUT2D eigenvalue weighted by Crippen LogP contribution is 2.42. The zero-order valence-electron chi connectivity index (χ0n) is 16.8. The van der Waals surface area contributed by atoms with Crippen molar-refractivity contribution in [3.63, 3.8) is 0 Å². The number of benzene rings is 2. The van der Waals surface area contributed by atoms with Crippen molar-refractivity contribution in [2.45, 2.75) is 25.3 Å². The highest BCUT2D eigenvalue weighted by atomic mass is 35.5. The van der Waals surface area contributed by atoms with E-state index in [2.05, 4.69) is 16.9 Å². The Morgan fingerprint density at radius 1 is 0.867 bits per heavy atom. The zero-order valence-corrected chi connectivity index (χ0v) is 18.3. The Kier molecular flexibility index (Phi) is 5.94. The number of fused-ring (bicyclic) bond motifs is 2. The van der Waals surface area contributed by atoms with Crippen LogP contribution in [0, 0.1) is 5.92 Å². The lowest BCUT2D eigenvalue weighted by Gasteiger charge is -2.38. The summed E-state index contributed by atoms with van der Waals surface area (Å²) < 4.78 is 0. The minimum absolute atomic E-state index is 0.114. The summed E-state index contributed by atoms with van der Waals surface area (Å²) in [4.78, 5) is 9.03. The molecular formula is C24H24Cl2N4. The Balaban J connectivity index is 2.03.